The number of hydrogen-bond donors (Lipinski definition) is 0. The normalized spacial score (nSPS) is 17.0. The monoisotopic (exact) mass is 134 g/mol. The van der Waals surface area contributed by atoms with Crippen molar-refractivity contribution in [1.29, 1.82) is 0 Å². The van der Waals surface area contributed by atoms with Crippen LogP contribution in [0.3, 0.4) is 0 Å². The van der Waals surface area contributed by atoms with Crippen molar-refractivity contribution in [3.63, 3.8) is 0 Å². The smallest absolute Gasteiger partial charge is 0.0238 e. The van der Waals surface area contributed by atoms with Gasteiger partial charge in [0.15, 0.2) is 0 Å². The molecule has 1 aliphatic rings. The van der Waals surface area contributed by atoms with E-state index in [0.717, 1.165) is 0 Å². The molecule has 0 saturated heterocycles. The topological polar surface area (TPSA) is 0 Å². The second-order valence-corrected chi connectivity index (χ2v) is 3.13. The summed E-state index contributed by atoms with van der Waals surface area (Å²) in [5.41, 5.74) is 5.59. The molecule has 0 unspecified atom stereocenters. The second kappa shape index (κ2) is 2.45. The van der Waals surface area contributed by atoms with E-state index in [1.165, 1.54) is 22.3 Å². The molecular weight excluding hydrogens is 120 g/mol. The van der Waals surface area contributed by atoms with Crippen LogP contribution >= 0.6 is 0 Å². The molecule has 10 heavy (non-hydrogen) atoms. The average Bonchev–Trinajstić information content (AvgIpc) is 2.10. The van der Waals surface area contributed by atoms with Crippen LogP contribution in [0, 0.1) is 0 Å². The summed E-state index contributed by atoms with van der Waals surface area (Å²) >= 11 is 0. The van der Waals surface area contributed by atoms with Crippen molar-refractivity contribution in [1.82, 2.24) is 0 Å². The molecule has 0 radical (unpaired) electrons. The Kier molecular flexibility index (Phi) is 1.80. The van der Waals surface area contributed by atoms with E-state index in [1.54, 1.807) is 0 Å². The molecule has 0 aromatic heterocycles. The molecule has 0 saturated carbocycles. The summed E-state index contributed by atoms with van der Waals surface area (Å²) in [6.45, 7) is 8.61. The van der Waals surface area contributed by atoms with Gasteiger partial charge in [0.2, 0.25) is 0 Å². The van der Waals surface area contributed by atoms with Crippen molar-refractivity contribution in [2.24, 2.45) is 0 Å². The molecule has 0 bridgehead atoms. The molecule has 0 heteroatoms. The predicted molar refractivity (Wildman–Crippen MR) is 45.9 cm³/mol. The first-order valence-corrected chi connectivity index (χ1v) is 3.65. The highest BCUT2D eigenvalue weighted by Gasteiger charge is 2.05. The lowest BCUT2D eigenvalue weighted by molar-refractivity contribution is 1.30. The van der Waals surface area contributed by atoms with Gasteiger partial charge in [0.25, 0.3) is 0 Å². The molecule has 0 nitrogen and oxygen atoms in total. The van der Waals surface area contributed by atoms with Crippen LogP contribution < -0.4 is 0 Å². The van der Waals surface area contributed by atoms with E-state index >= 15 is 0 Å². The minimum atomic E-state index is 1.37. The van der Waals surface area contributed by atoms with Crippen LogP contribution in [-0.2, 0) is 0 Å². The summed E-state index contributed by atoms with van der Waals surface area (Å²) in [4.78, 5) is 0. The maximum atomic E-state index is 2.24. The summed E-state index contributed by atoms with van der Waals surface area (Å²) in [6, 6.07) is 0. The van der Waals surface area contributed by atoms with Gasteiger partial charge in [0, 0.05) is 0 Å². The predicted octanol–water partition coefficient (Wildman–Crippen LogP) is 3.23. The van der Waals surface area contributed by atoms with Crippen molar-refractivity contribution in [3.8, 4) is 0 Å². The lowest BCUT2D eigenvalue weighted by Crippen LogP contribution is -1.78. The van der Waals surface area contributed by atoms with Gasteiger partial charge in [-0.1, -0.05) is 23.3 Å². The van der Waals surface area contributed by atoms with Gasteiger partial charge in [-0.2, -0.15) is 0 Å². The van der Waals surface area contributed by atoms with Crippen molar-refractivity contribution in [3.05, 3.63) is 34.4 Å². The Balaban J connectivity index is 3.07. The van der Waals surface area contributed by atoms with E-state index in [2.05, 4.69) is 39.8 Å². The molecule has 0 heterocycles. The summed E-state index contributed by atoms with van der Waals surface area (Å²) in [7, 11) is 0. The van der Waals surface area contributed by atoms with Crippen LogP contribution in [0.5, 0.6) is 0 Å². The number of hydrogen-bond acceptors (Lipinski definition) is 0. The fourth-order valence-electron chi connectivity index (χ4n) is 1.34. The molecule has 0 aromatic carbocycles. The molecule has 0 N–H and O–H groups in total. The number of allylic oxidation sites excluding steroid dienone is 6. The standard InChI is InChI=1S/C10H14/c1-7(2)10-6-8(3)5-9(10)4/h5-6H,1-4H3. The Morgan fingerprint density at radius 2 is 1.70 bits per heavy atom. The van der Waals surface area contributed by atoms with Gasteiger partial charge in [-0.15, -0.1) is 0 Å². The van der Waals surface area contributed by atoms with Gasteiger partial charge in [-0.3, -0.25) is 0 Å². The van der Waals surface area contributed by atoms with Crippen molar-refractivity contribution >= 4 is 0 Å². The van der Waals surface area contributed by atoms with E-state index in [1.807, 2.05) is 0 Å². The van der Waals surface area contributed by atoms with Gasteiger partial charge < -0.3 is 0 Å². The molecule has 54 valence electrons. The molecule has 0 atom stereocenters. The quantitative estimate of drug-likeness (QED) is 0.477. The molecule has 0 spiro atoms. The Labute approximate surface area is 62.9 Å². The highest BCUT2D eigenvalue weighted by molar-refractivity contribution is 5.52. The third-order valence-electron chi connectivity index (χ3n) is 1.78. The summed E-state index contributed by atoms with van der Waals surface area (Å²) < 4.78 is 0. The Morgan fingerprint density at radius 3 is 1.90 bits per heavy atom. The Bertz CT molecular complexity index is 233. The third-order valence-corrected chi connectivity index (χ3v) is 1.78. The lowest BCUT2D eigenvalue weighted by Gasteiger charge is -1.98. The van der Waals surface area contributed by atoms with Crippen molar-refractivity contribution in [2.75, 3.05) is 0 Å². The maximum absolute atomic E-state index is 2.24. The van der Waals surface area contributed by atoms with Gasteiger partial charge in [0.05, 0.1) is 0 Å². The molecular formula is C10H14. The Hall–Kier alpha value is -0.780. The first-order valence-electron chi connectivity index (χ1n) is 3.65. The van der Waals surface area contributed by atoms with Crippen LogP contribution in [0.25, 0.3) is 0 Å². The van der Waals surface area contributed by atoms with Gasteiger partial charge >= 0.3 is 0 Å². The lowest BCUT2D eigenvalue weighted by atomic mass is 10.1. The van der Waals surface area contributed by atoms with E-state index < -0.39 is 0 Å². The van der Waals surface area contributed by atoms with Crippen LogP contribution in [0.2, 0.25) is 0 Å². The molecule has 1 rings (SSSR count). The van der Waals surface area contributed by atoms with E-state index in [4.69, 9.17) is 0 Å². The van der Waals surface area contributed by atoms with Gasteiger partial charge in [-0.25, -0.2) is 0 Å². The highest BCUT2D eigenvalue weighted by atomic mass is 14.1. The highest BCUT2D eigenvalue weighted by Crippen LogP contribution is 2.24. The molecule has 1 aliphatic carbocycles. The van der Waals surface area contributed by atoms with Crippen LogP contribution in [0.1, 0.15) is 27.7 Å². The minimum absolute atomic E-state index is 1.37. The zero-order valence-corrected chi connectivity index (χ0v) is 7.15. The van der Waals surface area contributed by atoms with Crippen LogP contribution in [-0.4, -0.2) is 0 Å². The Morgan fingerprint density at radius 1 is 1.10 bits per heavy atom. The maximum Gasteiger partial charge on any atom is -0.0238 e. The largest absolute Gasteiger partial charge is 0.0689 e. The number of rotatable bonds is 0. The fraction of sp³-hybridized carbons (Fsp3) is 0.400. The molecule has 0 fully saturated rings. The van der Waals surface area contributed by atoms with E-state index in [-0.39, 0.29) is 0 Å². The van der Waals surface area contributed by atoms with Crippen molar-refractivity contribution < 1.29 is 0 Å². The average molecular weight is 134 g/mol. The second-order valence-electron chi connectivity index (χ2n) is 3.13. The zero-order chi connectivity index (χ0) is 7.72. The summed E-state index contributed by atoms with van der Waals surface area (Å²) in [5.74, 6) is 0. The zero-order valence-electron chi connectivity index (χ0n) is 7.15. The first kappa shape index (κ1) is 7.33. The SMILES string of the molecule is CC1=CC(=C(C)C)C(C)=C1. The van der Waals surface area contributed by atoms with E-state index in [9.17, 15) is 0 Å². The molecule has 0 amide bonds. The minimum Gasteiger partial charge on any atom is -0.0689 e. The van der Waals surface area contributed by atoms with E-state index in [0.29, 0.717) is 0 Å². The molecule has 0 aromatic rings. The fourth-order valence-corrected chi connectivity index (χ4v) is 1.34. The van der Waals surface area contributed by atoms with Gasteiger partial charge in [-0.05, 0) is 38.8 Å². The summed E-state index contributed by atoms with van der Waals surface area (Å²) in [5, 5.41) is 0. The van der Waals surface area contributed by atoms with Crippen LogP contribution in [0.15, 0.2) is 34.4 Å². The van der Waals surface area contributed by atoms with Gasteiger partial charge in [0.1, 0.15) is 0 Å². The first-order chi connectivity index (χ1) is 4.61. The summed E-state index contributed by atoms with van der Waals surface area (Å²) in [6.07, 6.45) is 4.47. The van der Waals surface area contributed by atoms with Crippen molar-refractivity contribution in [2.45, 2.75) is 27.7 Å². The molecule has 0 aliphatic heterocycles. The van der Waals surface area contributed by atoms with Crippen LogP contribution in [0.4, 0.5) is 0 Å². The third kappa shape index (κ3) is 1.21.